The Morgan fingerprint density at radius 3 is 2.52 bits per heavy atom. The lowest BCUT2D eigenvalue weighted by molar-refractivity contribution is -0.127. The topological polar surface area (TPSA) is 91.6 Å². The number of thioether (sulfide) groups is 1. The van der Waals surface area contributed by atoms with Crippen molar-refractivity contribution in [3.63, 3.8) is 0 Å². The summed E-state index contributed by atoms with van der Waals surface area (Å²) in [5.74, 6) is -0.861. The molecular formula is C24H20ClN3O4S. The molecule has 1 aliphatic heterocycles. The molecule has 3 amide bonds. The number of imide groups is 1. The van der Waals surface area contributed by atoms with Crippen LogP contribution in [0.2, 0.25) is 5.02 Å². The van der Waals surface area contributed by atoms with Gasteiger partial charge in [0.05, 0.1) is 15.6 Å². The lowest BCUT2D eigenvalue weighted by atomic mass is 10.2. The van der Waals surface area contributed by atoms with Gasteiger partial charge < -0.3 is 15.0 Å². The Hall–Kier alpha value is -3.49. The van der Waals surface area contributed by atoms with Gasteiger partial charge in [-0.25, -0.2) is 0 Å². The Kier molecular flexibility index (Phi) is 6.31. The Balaban J connectivity index is 1.53. The standard InChI is InChI=1S/C24H20ClN3O4S/c1-14-11-16(15(2)28(14)17-7-9-18(29)10-8-17)12-21-23(31)27(24(32)33-21)13-22(30)26-20-6-4-3-5-19(20)25/h3-12,29H,13H2,1-2H3,(H,26,30)/b21-12+. The summed E-state index contributed by atoms with van der Waals surface area (Å²) in [6.45, 7) is 3.44. The number of aryl methyl sites for hydroxylation is 1. The highest BCUT2D eigenvalue weighted by molar-refractivity contribution is 8.18. The number of phenols is 1. The molecular weight excluding hydrogens is 462 g/mol. The number of carbonyl (C=O) groups is 3. The summed E-state index contributed by atoms with van der Waals surface area (Å²) in [7, 11) is 0. The molecule has 4 rings (SSSR count). The second-order valence-corrected chi connectivity index (χ2v) is 8.87. The molecule has 0 unspecified atom stereocenters. The third-order valence-corrected chi connectivity index (χ3v) is 6.43. The molecule has 0 aliphatic carbocycles. The minimum absolute atomic E-state index is 0.175. The van der Waals surface area contributed by atoms with Gasteiger partial charge in [-0.2, -0.15) is 0 Å². The number of hydrogen-bond donors (Lipinski definition) is 2. The van der Waals surface area contributed by atoms with Crippen LogP contribution in [0, 0.1) is 13.8 Å². The van der Waals surface area contributed by atoms with Crippen LogP contribution in [0.3, 0.4) is 0 Å². The zero-order valence-corrected chi connectivity index (χ0v) is 19.4. The van der Waals surface area contributed by atoms with Crippen LogP contribution in [0.15, 0.2) is 59.5 Å². The number of para-hydroxylation sites is 1. The molecule has 1 aromatic heterocycles. The van der Waals surface area contributed by atoms with Gasteiger partial charge in [0.1, 0.15) is 12.3 Å². The van der Waals surface area contributed by atoms with E-state index in [-0.39, 0.29) is 10.7 Å². The number of phenolic OH excluding ortho intramolecular Hbond substituents is 1. The number of anilines is 1. The molecule has 0 radical (unpaired) electrons. The number of nitrogens with one attached hydrogen (secondary N) is 1. The number of nitrogens with zero attached hydrogens (tertiary/aromatic N) is 2. The van der Waals surface area contributed by atoms with Crippen molar-refractivity contribution in [2.24, 2.45) is 0 Å². The highest BCUT2D eigenvalue weighted by Gasteiger charge is 2.36. The van der Waals surface area contributed by atoms with E-state index in [1.165, 1.54) is 0 Å². The van der Waals surface area contributed by atoms with Gasteiger partial charge in [-0.15, -0.1) is 0 Å². The second-order valence-electron chi connectivity index (χ2n) is 7.47. The SMILES string of the molecule is Cc1cc(/C=C2/SC(=O)N(CC(=O)Nc3ccccc3Cl)C2=O)c(C)n1-c1ccc(O)cc1. The predicted molar refractivity (Wildman–Crippen MR) is 130 cm³/mol. The molecule has 1 aliphatic rings. The zero-order chi connectivity index (χ0) is 23.7. The lowest BCUT2D eigenvalue weighted by Gasteiger charge is -2.13. The molecule has 1 fully saturated rings. The summed E-state index contributed by atoms with van der Waals surface area (Å²) < 4.78 is 1.99. The van der Waals surface area contributed by atoms with Crippen LogP contribution in [0.1, 0.15) is 17.0 Å². The fourth-order valence-electron chi connectivity index (χ4n) is 3.61. The molecule has 0 bridgehead atoms. The number of rotatable bonds is 5. The third-order valence-electron chi connectivity index (χ3n) is 5.19. The highest BCUT2D eigenvalue weighted by atomic mass is 35.5. The van der Waals surface area contributed by atoms with E-state index < -0.39 is 23.6 Å². The van der Waals surface area contributed by atoms with Gasteiger partial charge in [0, 0.05) is 17.1 Å². The lowest BCUT2D eigenvalue weighted by Crippen LogP contribution is -2.36. The molecule has 0 atom stereocenters. The van der Waals surface area contributed by atoms with E-state index in [1.54, 1.807) is 54.6 Å². The number of aromatic nitrogens is 1. The van der Waals surface area contributed by atoms with Crippen molar-refractivity contribution in [3.05, 3.63) is 81.5 Å². The van der Waals surface area contributed by atoms with Gasteiger partial charge in [-0.3, -0.25) is 19.3 Å². The largest absolute Gasteiger partial charge is 0.508 e. The number of halogens is 1. The smallest absolute Gasteiger partial charge is 0.294 e. The van der Waals surface area contributed by atoms with Crippen LogP contribution in [0.5, 0.6) is 5.75 Å². The first-order valence-corrected chi connectivity index (χ1v) is 11.2. The molecule has 168 valence electrons. The number of hydrogen-bond acceptors (Lipinski definition) is 5. The summed E-state index contributed by atoms with van der Waals surface area (Å²) in [4.78, 5) is 38.9. The van der Waals surface area contributed by atoms with Gasteiger partial charge >= 0.3 is 0 Å². The van der Waals surface area contributed by atoms with Gasteiger partial charge in [0.2, 0.25) is 5.91 Å². The van der Waals surface area contributed by atoms with Crippen molar-refractivity contribution >= 4 is 52.2 Å². The predicted octanol–water partition coefficient (Wildman–Crippen LogP) is 5.13. The summed E-state index contributed by atoms with van der Waals surface area (Å²) in [5, 5.41) is 12.0. The second kappa shape index (κ2) is 9.17. The van der Waals surface area contributed by atoms with E-state index in [4.69, 9.17) is 11.6 Å². The van der Waals surface area contributed by atoms with Gasteiger partial charge in [-0.05, 0) is 79.7 Å². The van der Waals surface area contributed by atoms with Crippen molar-refractivity contribution in [2.45, 2.75) is 13.8 Å². The first kappa shape index (κ1) is 22.7. The molecule has 33 heavy (non-hydrogen) atoms. The van der Waals surface area contributed by atoms with E-state index in [2.05, 4.69) is 5.32 Å². The number of amides is 3. The monoisotopic (exact) mass is 481 g/mol. The fourth-order valence-corrected chi connectivity index (χ4v) is 4.62. The van der Waals surface area contributed by atoms with E-state index >= 15 is 0 Å². The van der Waals surface area contributed by atoms with Gasteiger partial charge in [0.25, 0.3) is 11.1 Å². The highest BCUT2D eigenvalue weighted by Crippen LogP contribution is 2.34. The maximum absolute atomic E-state index is 12.9. The van der Waals surface area contributed by atoms with Crippen LogP contribution in [-0.2, 0) is 9.59 Å². The van der Waals surface area contributed by atoms with Gasteiger partial charge in [-0.1, -0.05) is 23.7 Å². The van der Waals surface area contributed by atoms with E-state index in [0.29, 0.717) is 10.7 Å². The molecule has 7 nitrogen and oxygen atoms in total. The summed E-state index contributed by atoms with van der Waals surface area (Å²) in [6.07, 6.45) is 1.66. The molecule has 2 N–H and O–H groups in total. The van der Waals surface area contributed by atoms with Crippen molar-refractivity contribution < 1.29 is 19.5 Å². The third kappa shape index (κ3) is 4.67. The Morgan fingerprint density at radius 2 is 1.82 bits per heavy atom. The maximum Gasteiger partial charge on any atom is 0.294 e. The van der Waals surface area contributed by atoms with E-state index in [1.807, 2.05) is 24.5 Å². The zero-order valence-electron chi connectivity index (χ0n) is 17.8. The molecule has 2 heterocycles. The summed E-state index contributed by atoms with van der Waals surface area (Å²) in [5.41, 5.74) is 3.87. The molecule has 0 saturated carbocycles. The Bertz CT molecular complexity index is 1300. The van der Waals surface area contributed by atoms with E-state index in [9.17, 15) is 19.5 Å². The molecule has 0 spiro atoms. The number of aromatic hydroxyl groups is 1. The van der Waals surface area contributed by atoms with Gasteiger partial charge in [0.15, 0.2) is 0 Å². The average molecular weight is 482 g/mol. The van der Waals surface area contributed by atoms with Crippen LogP contribution < -0.4 is 5.32 Å². The minimum atomic E-state index is -0.520. The Labute approximate surface area is 199 Å². The quantitative estimate of drug-likeness (QED) is 0.493. The average Bonchev–Trinajstić information content (AvgIpc) is 3.20. The fraction of sp³-hybridized carbons (Fsp3) is 0.125. The van der Waals surface area contributed by atoms with E-state index in [0.717, 1.165) is 39.3 Å². The molecule has 9 heteroatoms. The Morgan fingerprint density at radius 1 is 1.12 bits per heavy atom. The normalized spacial score (nSPS) is 14.9. The first-order valence-electron chi connectivity index (χ1n) is 10.0. The number of benzene rings is 2. The maximum atomic E-state index is 12.9. The van der Waals surface area contributed by atoms with Crippen molar-refractivity contribution in [2.75, 3.05) is 11.9 Å². The van der Waals surface area contributed by atoms with Crippen molar-refractivity contribution in [1.82, 2.24) is 9.47 Å². The molecule has 1 saturated heterocycles. The van der Waals surface area contributed by atoms with Crippen molar-refractivity contribution in [1.29, 1.82) is 0 Å². The summed E-state index contributed by atoms with van der Waals surface area (Å²) >= 11 is 6.85. The first-order chi connectivity index (χ1) is 15.7. The van der Waals surface area contributed by atoms with Crippen molar-refractivity contribution in [3.8, 4) is 11.4 Å². The van der Waals surface area contributed by atoms with Crippen LogP contribution in [0.25, 0.3) is 11.8 Å². The molecule has 2 aromatic carbocycles. The summed E-state index contributed by atoms with van der Waals surface area (Å²) in [6, 6.07) is 15.4. The van der Waals surface area contributed by atoms with Crippen LogP contribution in [-0.4, -0.2) is 38.2 Å². The number of carbonyl (C=O) groups excluding carboxylic acids is 3. The van der Waals surface area contributed by atoms with Crippen LogP contribution >= 0.6 is 23.4 Å². The van der Waals surface area contributed by atoms with Crippen LogP contribution in [0.4, 0.5) is 10.5 Å². The minimum Gasteiger partial charge on any atom is -0.508 e. The molecule has 3 aromatic rings.